The number of nitrogens with two attached hydrogens (primary N) is 1. The number of hydrogen-bond acceptors (Lipinski definition) is 2. The Balaban J connectivity index is 2.60. The number of aryl methyl sites for hydroxylation is 2. The van der Waals surface area contributed by atoms with E-state index in [-0.39, 0.29) is 0 Å². The molecule has 2 N–H and O–H groups in total. The van der Waals surface area contributed by atoms with Gasteiger partial charge in [0.25, 0.3) is 0 Å². The summed E-state index contributed by atoms with van der Waals surface area (Å²) >= 11 is 3.50. The lowest BCUT2D eigenvalue weighted by molar-refractivity contribution is 0.798. The maximum absolute atomic E-state index is 5.66. The van der Waals surface area contributed by atoms with E-state index in [0.29, 0.717) is 6.54 Å². The molecule has 0 atom stereocenters. The lowest BCUT2D eigenvalue weighted by Crippen LogP contribution is -2.05. The molecule has 0 fully saturated rings. The van der Waals surface area contributed by atoms with E-state index in [1.807, 2.05) is 11.6 Å². The zero-order chi connectivity index (χ0) is 12.6. The molecule has 2 rings (SSSR count). The molecule has 4 heteroatoms. The minimum Gasteiger partial charge on any atom is -0.329 e. The third kappa shape index (κ3) is 2.15. The SMILES string of the molecule is Cc1ccc(-c2c(Br)nc(CN)n2C)cc1C. The molecule has 90 valence electrons. The zero-order valence-corrected chi connectivity index (χ0v) is 11.9. The Morgan fingerprint density at radius 1 is 1.29 bits per heavy atom. The Kier molecular flexibility index (Phi) is 3.35. The molecule has 3 nitrogen and oxygen atoms in total. The average Bonchev–Trinajstić information content (AvgIpc) is 2.58. The van der Waals surface area contributed by atoms with E-state index >= 15 is 0 Å². The van der Waals surface area contributed by atoms with Crippen LogP contribution in [0.4, 0.5) is 0 Å². The minimum atomic E-state index is 0.444. The van der Waals surface area contributed by atoms with E-state index < -0.39 is 0 Å². The van der Waals surface area contributed by atoms with E-state index in [1.54, 1.807) is 0 Å². The van der Waals surface area contributed by atoms with Gasteiger partial charge in [0.1, 0.15) is 10.4 Å². The highest BCUT2D eigenvalue weighted by Crippen LogP contribution is 2.29. The van der Waals surface area contributed by atoms with Gasteiger partial charge in [-0.25, -0.2) is 4.98 Å². The Morgan fingerprint density at radius 2 is 2.00 bits per heavy atom. The van der Waals surface area contributed by atoms with Gasteiger partial charge in [0.05, 0.1) is 12.2 Å². The summed E-state index contributed by atoms with van der Waals surface area (Å²) in [6.07, 6.45) is 0. The van der Waals surface area contributed by atoms with Gasteiger partial charge in [-0.2, -0.15) is 0 Å². The second kappa shape index (κ2) is 4.63. The van der Waals surface area contributed by atoms with Crippen molar-refractivity contribution in [2.24, 2.45) is 12.8 Å². The summed E-state index contributed by atoms with van der Waals surface area (Å²) in [6, 6.07) is 6.42. The third-order valence-corrected chi connectivity index (χ3v) is 3.66. The summed E-state index contributed by atoms with van der Waals surface area (Å²) in [5, 5.41) is 0. The number of hydrogen-bond donors (Lipinski definition) is 1. The van der Waals surface area contributed by atoms with Crippen LogP contribution in [0.2, 0.25) is 0 Å². The minimum absolute atomic E-state index is 0.444. The summed E-state index contributed by atoms with van der Waals surface area (Å²) in [5.41, 5.74) is 10.5. The standard InChI is InChI=1S/C13H16BrN3/c1-8-4-5-10(6-9(8)2)12-13(14)16-11(7-15)17(12)3/h4-6H,7,15H2,1-3H3. The van der Waals surface area contributed by atoms with Gasteiger partial charge in [0.15, 0.2) is 0 Å². The molecular weight excluding hydrogens is 278 g/mol. The molecule has 17 heavy (non-hydrogen) atoms. The highest BCUT2D eigenvalue weighted by Gasteiger charge is 2.13. The maximum atomic E-state index is 5.66. The van der Waals surface area contributed by atoms with Gasteiger partial charge in [-0.05, 0) is 47.0 Å². The van der Waals surface area contributed by atoms with Crippen LogP contribution in [-0.4, -0.2) is 9.55 Å². The number of benzene rings is 1. The second-order valence-corrected chi connectivity index (χ2v) is 4.98. The number of rotatable bonds is 2. The first-order valence-corrected chi connectivity index (χ1v) is 6.32. The fourth-order valence-corrected chi connectivity index (χ4v) is 2.59. The molecule has 1 aromatic carbocycles. The predicted molar refractivity (Wildman–Crippen MR) is 73.7 cm³/mol. The van der Waals surface area contributed by atoms with Crippen molar-refractivity contribution in [2.75, 3.05) is 0 Å². The largest absolute Gasteiger partial charge is 0.329 e. The monoisotopic (exact) mass is 293 g/mol. The van der Waals surface area contributed by atoms with Gasteiger partial charge in [-0.3, -0.25) is 0 Å². The molecular formula is C13H16BrN3. The van der Waals surface area contributed by atoms with Crippen molar-refractivity contribution in [3.8, 4) is 11.3 Å². The molecule has 0 saturated heterocycles. The van der Waals surface area contributed by atoms with Crippen molar-refractivity contribution in [2.45, 2.75) is 20.4 Å². The predicted octanol–water partition coefficient (Wildman–Crippen LogP) is 2.93. The van der Waals surface area contributed by atoms with Gasteiger partial charge < -0.3 is 10.3 Å². The van der Waals surface area contributed by atoms with Crippen LogP contribution in [0.15, 0.2) is 22.8 Å². The Morgan fingerprint density at radius 3 is 2.53 bits per heavy atom. The van der Waals surface area contributed by atoms with Crippen LogP contribution in [0, 0.1) is 13.8 Å². The topological polar surface area (TPSA) is 43.8 Å². The molecule has 1 aromatic heterocycles. The molecule has 0 aliphatic heterocycles. The highest BCUT2D eigenvalue weighted by atomic mass is 79.9. The number of nitrogens with zero attached hydrogens (tertiary/aromatic N) is 2. The van der Waals surface area contributed by atoms with Crippen LogP contribution >= 0.6 is 15.9 Å². The molecule has 0 radical (unpaired) electrons. The molecule has 0 amide bonds. The van der Waals surface area contributed by atoms with Crippen LogP contribution < -0.4 is 5.73 Å². The smallest absolute Gasteiger partial charge is 0.132 e. The van der Waals surface area contributed by atoms with Crippen molar-refractivity contribution in [1.29, 1.82) is 0 Å². The molecule has 0 aliphatic rings. The molecule has 0 unspecified atom stereocenters. The quantitative estimate of drug-likeness (QED) is 0.925. The van der Waals surface area contributed by atoms with Gasteiger partial charge >= 0.3 is 0 Å². The average molecular weight is 294 g/mol. The maximum Gasteiger partial charge on any atom is 0.132 e. The van der Waals surface area contributed by atoms with Crippen molar-refractivity contribution in [3.63, 3.8) is 0 Å². The van der Waals surface area contributed by atoms with Gasteiger partial charge in [0, 0.05) is 12.6 Å². The number of aromatic nitrogens is 2. The first-order valence-electron chi connectivity index (χ1n) is 5.53. The Labute approximate surface area is 110 Å². The van der Waals surface area contributed by atoms with Gasteiger partial charge in [0.2, 0.25) is 0 Å². The fraction of sp³-hybridized carbons (Fsp3) is 0.308. The summed E-state index contributed by atoms with van der Waals surface area (Å²) in [5.74, 6) is 0.880. The summed E-state index contributed by atoms with van der Waals surface area (Å²) in [4.78, 5) is 4.41. The Bertz CT molecular complexity index is 558. The summed E-state index contributed by atoms with van der Waals surface area (Å²) in [7, 11) is 1.99. The fourth-order valence-electron chi connectivity index (χ4n) is 1.89. The van der Waals surface area contributed by atoms with Crippen molar-refractivity contribution < 1.29 is 0 Å². The molecule has 1 heterocycles. The van der Waals surface area contributed by atoms with Gasteiger partial charge in [-0.15, -0.1) is 0 Å². The molecule has 0 bridgehead atoms. The van der Waals surface area contributed by atoms with Crippen molar-refractivity contribution in [1.82, 2.24) is 9.55 Å². The normalized spacial score (nSPS) is 10.9. The van der Waals surface area contributed by atoms with E-state index in [9.17, 15) is 0 Å². The molecule has 2 aromatic rings. The lowest BCUT2D eigenvalue weighted by Gasteiger charge is -2.08. The van der Waals surface area contributed by atoms with E-state index in [4.69, 9.17) is 5.73 Å². The molecule has 0 aliphatic carbocycles. The number of imidazole rings is 1. The van der Waals surface area contributed by atoms with Crippen LogP contribution in [0.3, 0.4) is 0 Å². The second-order valence-electron chi connectivity index (χ2n) is 4.23. The van der Waals surface area contributed by atoms with E-state index in [0.717, 1.165) is 21.7 Å². The highest BCUT2D eigenvalue weighted by molar-refractivity contribution is 9.10. The van der Waals surface area contributed by atoms with Crippen LogP contribution in [0.1, 0.15) is 17.0 Å². The van der Waals surface area contributed by atoms with E-state index in [2.05, 4.69) is 53.0 Å². The van der Waals surface area contributed by atoms with E-state index in [1.165, 1.54) is 11.1 Å². The summed E-state index contributed by atoms with van der Waals surface area (Å²) in [6.45, 7) is 4.68. The molecule has 0 spiro atoms. The first kappa shape index (κ1) is 12.3. The molecule has 0 saturated carbocycles. The van der Waals surface area contributed by atoms with Crippen molar-refractivity contribution >= 4 is 15.9 Å². The van der Waals surface area contributed by atoms with Crippen LogP contribution in [0.5, 0.6) is 0 Å². The summed E-state index contributed by atoms with van der Waals surface area (Å²) < 4.78 is 2.89. The lowest BCUT2D eigenvalue weighted by atomic mass is 10.0. The van der Waals surface area contributed by atoms with Gasteiger partial charge in [-0.1, -0.05) is 12.1 Å². The number of halogens is 1. The van der Waals surface area contributed by atoms with Crippen molar-refractivity contribution in [3.05, 3.63) is 39.8 Å². The Hall–Kier alpha value is -1.13. The zero-order valence-electron chi connectivity index (χ0n) is 10.3. The first-order chi connectivity index (χ1) is 8.04. The van der Waals surface area contributed by atoms with Crippen LogP contribution in [-0.2, 0) is 13.6 Å². The van der Waals surface area contributed by atoms with Crippen LogP contribution in [0.25, 0.3) is 11.3 Å². The third-order valence-electron chi connectivity index (χ3n) is 3.11.